The summed E-state index contributed by atoms with van der Waals surface area (Å²) in [5, 5.41) is 28.7. The highest BCUT2D eigenvalue weighted by atomic mass is 16.8. The Kier molecular flexibility index (Phi) is 2.77. The molecule has 2 rings (SSSR count). The van der Waals surface area contributed by atoms with Crippen LogP contribution in [0.25, 0.3) is 0 Å². The molecule has 4 atom stereocenters. The molecule has 0 amide bonds. The molecule has 8 heteroatoms. The lowest BCUT2D eigenvalue weighted by molar-refractivity contribution is -0.335. The van der Waals surface area contributed by atoms with E-state index >= 15 is 0 Å². The Morgan fingerprint density at radius 3 is 1.95 bits per heavy atom. The van der Waals surface area contributed by atoms with Crippen molar-refractivity contribution in [3.05, 3.63) is 0 Å². The van der Waals surface area contributed by atoms with Crippen molar-refractivity contribution in [3.63, 3.8) is 0 Å². The average Bonchev–Trinajstić information content (AvgIpc) is 3.00. The van der Waals surface area contributed by atoms with Crippen LogP contribution in [0.2, 0.25) is 0 Å². The van der Waals surface area contributed by atoms with E-state index in [1.54, 1.807) is 12.1 Å². The largest absolute Gasteiger partial charge is 0.352 e. The summed E-state index contributed by atoms with van der Waals surface area (Å²) in [6, 6.07) is 5.38. The van der Waals surface area contributed by atoms with Gasteiger partial charge in [0.05, 0.1) is 18.2 Å². The van der Waals surface area contributed by atoms with Gasteiger partial charge in [-0.05, 0) is 13.8 Å². The first-order valence-corrected chi connectivity index (χ1v) is 6.05. The number of ketones is 1. The second-order valence-corrected chi connectivity index (χ2v) is 5.27. The minimum atomic E-state index is -2.12. The molecule has 0 aromatic heterocycles. The van der Waals surface area contributed by atoms with E-state index in [2.05, 4.69) is 0 Å². The molecule has 8 nitrogen and oxygen atoms in total. The van der Waals surface area contributed by atoms with Crippen molar-refractivity contribution >= 4 is 5.78 Å². The van der Waals surface area contributed by atoms with Crippen LogP contribution in [0.5, 0.6) is 0 Å². The van der Waals surface area contributed by atoms with Crippen LogP contribution >= 0.6 is 0 Å². The fraction of sp³-hybridized carbons (Fsp3) is 0.692. The summed E-state index contributed by atoms with van der Waals surface area (Å²) in [7, 11) is 2.41. The molecule has 0 bridgehead atoms. The van der Waals surface area contributed by atoms with E-state index in [-0.39, 0.29) is 0 Å². The summed E-state index contributed by atoms with van der Waals surface area (Å²) >= 11 is 0. The van der Waals surface area contributed by atoms with E-state index in [9.17, 15) is 20.6 Å². The lowest BCUT2D eigenvalue weighted by Crippen LogP contribution is -2.55. The van der Waals surface area contributed by atoms with Crippen molar-refractivity contribution in [1.82, 2.24) is 0 Å². The van der Waals surface area contributed by atoms with Crippen LogP contribution in [-0.4, -0.2) is 31.7 Å². The molecular weight excluding hydrogens is 276 g/mol. The van der Waals surface area contributed by atoms with Crippen LogP contribution in [0.4, 0.5) is 0 Å². The van der Waals surface area contributed by atoms with Crippen LogP contribution in [0.15, 0.2) is 0 Å². The van der Waals surface area contributed by atoms with E-state index in [0.29, 0.717) is 0 Å². The molecule has 0 radical (unpaired) electrons. The topological polar surface area (TPSA) is 142 Å². The summed E-state index contributed by atoms with van der Waals surface area (Å²) in [6.45, 7) is 2.54. The van der Waals surface area contributed by atoms with Crippen molar-refractivity contribution < 1.29 is 19.0 Å². The second-order valence-electron chi connectivity index (χ2n) is 5.27. The fourth-order valence-electron chi connectivity index (χ4n) is 4.05. The Bertz CT molecular complexity index is 645. The number of carbonyl (C=O) groups is 1. The minimum Gasteiger partial charge on any atom is -0.352 e. The van der Waals surface area contributed by atoms with Gasteiger partial charge in [0.15, 0.2) is 16.6 Å². The Hall–Kier alpha value is -2.02. The number of nitrogens with two attached hydrogens (primary N) is 1. The molecule has 0 aromatic rings. The van der Waals surface area contributed by atoms with Gasteiger partial charge in [-0.15, -0.1) is 0 Å². The molecule has 1 aliphatic carbocycles. The number of carbonyl (C=O) groups excluding carboxylic acids is 1. The molecule has 1 saturated carbocycles. The van der Waals surface area contributed by atoms with Gasteiger partial charge in [-0.1, -0.05) is 0 Å². The zero-order valence-electron chi connectivity index (χ0n) is 12.1. The fourth-order valence-corrected chi connectivity index (χ4v) is 4.05. The molecule has 0 aromatic carbocycles. The standard InChI is InChI=1S/C13H14N4O4/c1-8(18)12-9(2,19-3)21-13(17,20-4)11(12,7-16)10(12,5-14)6-15/h17H2,1-4H3/t9-,11-,12+,13+/m1/s1. The molecule has 0 unspecified atom stereocenters. The maximum atomic E-state index is 12.4. The van der Waals surface area contributed by atoms with Gasteiger partial charge in [0.1, 0.15) is 11.2 Å². The van der Waals surface area contributed by atoms with Crippen LogP contribution < -0.4 is 5.73 Å². The molecular formula is C13H14N4O4. The van der Waals surface area contributed by atoms with Gasteiger partial charge in [-0.3, -0.25) is 10.5 Å². The summed E-state index contributed by atoms with van der Waals surface area (Å²) in [5.74, 6) is -4.46. The van der Waals surface area contributed by atoms with Gasteiger partial charge < -0.3 is 14.2 Å². The van der Waals surface area contributed by atoms with Gasteiger partial charge in [0, 0.05) is 14.2 Å². The van der Waals surface area contributed by atoms with Gasteiger partial charge >= 0.3 is 0 Å². The lowest BCUT2D eigenvalue weighted by atomic mass is 9.82. The molecule has 2 aliphatic rings. The second kappa shape index (κ2) is 3.79. The van der Waals surface area contributed by atoms with E-state index in [1.165, 1.54) is 28.1 Å². The highest BCUT2D eigenvalue weighted by Gasteiger charge is 3.08. The SMILES string of the molecule is CO[C@]1(C)O[C@@](N)(OC)[C@]2(C#N)C(C#N)(C#N)[C@]12C(C)=O. The Balaban J connectivity index is 2.97. The number of hydrogen-bond acceptors (Lipinski definition) is 8. The smallest absolute Gasteiger partial charge is 0.250 e. The predicted octanol–water partition coefficient (Wildman–Crippen LogP) is -0.229. The van der Waals surface area contributed by atoms with Crippen LogP contribution in [0.1, 0.15) is 13.8 Å². The predicted molar refractivity (Wildman–Crippen MR) is 65.2 cm³/mol. The summed E-state index contributed by atoms with van der Waals surface area (Å²) in [6.07, 6.45) is 0. The van der Waals surface area contributed by atoms with Crippen molar-refractivity contribution in [2.24, 2.45) is 22.0 Å². The number of Topliss-reactive ketones (excluding diaryl/α,β-unsaturated/α-hetero) is 1. The van der Waals surface area contributed by atoms with Crippen LogP contribution in [0, 0.1) is 50.2 Å². The van der Waals surface area contributed by atoms with E-state index < -0.39 is 33.7 Å². The molecule has 1 saturated heterocycles. The van der Waals surface area contributed by atoms with Crippen LogP contribution in [-0.2, 0) is 19.0 Å². The summed E-state index contributed by atoms with van der Waals surface area (Å²) in [4.78, 5) is 12.4. The van der Waals surface area contributed by atoms with Crippen molar-refractivity contribution in [2.45, 2.75) is 25.5 Å². The number of methoxy groups -OCH3 is 2. The third-order valence-corrected chi connectivity index (χ3v) is 4.90. The molecule has 2 fully saturated rings. The number of ether oxygens (including phenoxy) is 3. The van der Waals surface area contributed by atoms with Crippen molar-refractivity contribution in [3.8, 4) is 18.2 Å². The summed E-state index contributed by atoms with van der Waals surface area (Å²) in [5.41, 5.74) is 0.128. The lowest BCUT2D eigenvalue weighted by Gasteiger charge is -2.37. The first-order valence-electron chi connectivity index (χ1n) is 6.05. The van der Waals surface area contributed by atoms with Gasteiger partial charge in [0.25, 0.3) is 5.91 Å². The van der Waals surface area contributed by atoms with E-state index in [1.807, 2.05) is 6.07 Å². The Morgan fingerprint density at radius 1 is 1.14 bits per heavy atom. The number of nitrogens with zero attached hydrogens (tertiary/aromatic N) is 3. The monoisotopic (exact) mass is 290 g/mol. The molecule has 110 valence electrons. The third kappa shape index (κ3) is 0.994. The van der Waals surface area contributed by atoms with Gasteiger partial charge in [0.2, 0.25) is 0 Å². The van der Waals surface area contributed by atoms with E-state index in [4.69, 9.17) is 19.9 Å². The normalized spacial score (nSPS) is 45.8. The van der Waals surface area contributed by atoms with E-state index in [0.717, 1.165) is 0 Å². The first kappa shape index (κ1) is 15.4. The highest BCUT2D eigenvalue weighted by molar-refractivity contribution is 5.95. The average molecular weight is 290 g/mol. The Labute approximate surface area is 121 Å². The number of fused-ring (bicyclic) bond motifs is 1. The molecule has 1 aliphatic heterocycles. The zero-order valence-corrected chi connectivity index (χ0v) is 12.1. The molecule has 21 heavy (non-hydrogen) atoms. The number of hydrogen-bond donors (Lipinski definition) is 1. The first-order chi connectivity index (χ1) is 9.70. The number of nitriles is 3. The zero-order chi connectivity index (χ0) is 16.3. The maximum Gasteiger partial charge on any atom is 0.250 e. The molecule has 1 heterocycles. The van der Waals surface area contributed by atoms with Gasteiger partial charge in [-0.25, -0.2) is 0 Å². The highest BCUT2D eigenvalue weighted by Crippen LogP contribution is 2.89. The van der Waals surface area contributed by atoms with Gasteiger partial charge in [-0.2, -0.15) is 15.8 Å². The van der Waals surface area contributed by atoms with Crippen molar-refractivity contribution in [1.29, 1.82) is 15.8 Å². The summed E-state index contributed by atoms with van der Waals surface area (Å²) < 4.78 is 15.8. The van der Waals surface area contributed by atoms with Crippen molar-refractivity contribution in [2.75, 3.05) is 14.2 Å². The maximum absolute atomic E-state index is 12.4. The number of rotatable bonds is 3. The minimum absolute atomic E-state index is 0.596. The molecule has 0 spiro atoms. The van der Waals surface area contributed by atoms with Crippen LogP contribution in [0.3, 0.4) is 0 Å². The quantitative estimate of drug-likeness (QED) is 0.702. The Morgan fingerprint density at radius 2 is 1.67 bits per heavy atom. The third-order valence-electron chi connectivity index (χ3n) is 4.90. The molecule has 2 N–H and O–H groups in total.